The van der Waals surface area contributed by atoms with Crippen molar-refractivity contribution in [2.75, 3.05) is 26.1 Å². The summed E-state index contributed by atoms with van der Waals surface area (Å²) in [4.78, 5) is 12.0. The highest BCUT2D eigenvalue weighted by molar-refractivity contribution is 5.98. The van der Waals surface area contributed by atoms with Gasteiger partial charge in [0.15, 0.2) is 5.78 Å². The summed E-state index contributed by atoms with van der Waals surface area (Å²) in [6.07, 6.45) is 21.0. The van der Waals surface area contributed by atoms with Crippen LogP contribution in [0.2, 0.25) is 0 Å². The standard InChI is InChI=1S/C19H20FNO2.C9H14.C2H6O.2C2H6/c1-3-23-19-11-10-16(20)12-18(19)21-13-17(14(2)22)15-8-6-4-5-7-9-15;1-4-6-7-8-9(3)5-2;1-3-2;2*1-2/h4-8,10-13,21H,3,9H2,1-2H3;4,6-8H,3,5H2,1-2H3;1-2H3;2*1-2H3/b17-13+;6-4-,8-7-;;;. The lowest BCUT2D eigenvalue weighted by atomic mass is 10.0. The second-order valence-electron chi connectivity index (χ2n) is 7.35. The lowest BCUT2D eigenvalue weighted by Gasteiger charge is -2.12. The molecule has 0 aliphatic heterocycles. The molecule has 0 bridgehead atoms. The van der Waals surface area contributed by atoms with Crippen molar-refractivity contribution in [1.29, 1.82) is 0 Å². The second-order valence-corrected chi connectivity index (χ2v) is 7.35. The van der Waals surface area contributed by atoms with Crippen molar-refractivity contribution in [1.82, 2.24) is 0 Å². The predicted molar refractivity (Wildman–Crippen MR) is 170 cm³/mol. The van der Waals surface area contributed by atoms with Crippen molar-refractivity contribution in [3.8, 4) is 5.75 Å². The molecule has 0 spiro atoms. The van der Waals surface area contributed by atoms with Gasteiger partial charge in [-0.1, -0.05) is 101 Å². The third-order valence-electron chi connectivity index (χ3n) is 4.42. The SMILES string of the molecule is C=C(/C=C\C=C/C)CC.CC.CC.CCOc1ccc(F)cc1N/C=C(\C(C)=O)C1=CC=CC=CC1.COC. The lowest BCUT2D eigenvalue weighted by Crippen LogP contribution is -2.05. The van der Waals surface area contributed by atoms with E-state index in [1.807, 2.05) is 96.2 Å². The minimum absolute atomic E-state index is 0.0539. The number of methoxy groups -OCH3 is 1. The molecule has 1 aliphatic rings. The van der Waals surface area contributed by atoms with Crippen LogP contribution in [0.5, 0.6) is 5.75 Å². The second kappa shape index (κ2) is 29.1. The Hall–Kier alpha value is -3.44. The van der Waals surface area contributed by atoms with E-state index in [1.165, 1.54) is 24.6 Å². The zero-order valence-corrected chi connectivity index (χ0v) is 25.9. The van der Waals surface area contributed by atoms with Gasteiger partial charge in [-0.25, -0.2) is 4.39 Å². The van der Waals surface area contributed by atoms with Crippen LogP contribution in [0, 0.1) is 5.82 Å². The third kappa shape index (κ3) is 21.2. The number of ether oxygens (including phenoxy) is 2. The number of ketones is 1. The Morgan fingerprint density at radius 1 is 1.08 bits per heavy atom. The molecule has 0 heterocycles. The number of hydrogen-bond donors (Lipinski definition) is 1. The van der Waals surface area contributed by atoms with Crippen molar-refractivity contribution in [2.24, 2.45) is 0 Å². The van der Waals surface area contributed by atoms with E-state index in [0.717, 1.165) is 12.0 Å². The Balaban J connectivity index is -0.000000675. The van der Waals surface area contributed by atoms with Crippen molar-refractivity contribution < 1.29 is 18.7 Å². The lowest BCUT2D eigenvalue weighted by molar-refractivity contribution is -0.113. The normalized spacial score (nSPS) is 11.8. The number of anilines is 1. The zero-order chi connectivity index (χ0) is 30.5. The average molecular weight is 542 g/mol. The smallest absolute Gasteiger partial charge is 0.161 e. The van der Waals surface area contributed by atoms with Gasteiger partial charge in [0.05, 0.1) is 12.3 Å². The number of halogens is 1. The molecule has 0 saturated carbocycles. The molecule has 1 N–H and O–H groups in total. The first kappa shape index (κ1) is 40.1. The number of Topliss-reactive ketones (excluding diaryl/α,β-unsaturated/α-hetero) is 1. The Morgan fingerprint density at radius 3 is 2.26 bits per heavy atom. The van der Waals surface area contributed by atoms with Gasteiger partial charge >= 0.3 is 0 Å². The van der Waals surface area contributed by atoms with Crippen molar-refractivity contribution in [2.45, 2.75) is 68.2 Å². The van der Waals surface area contributed by atoms with Gasteiger partial charge in [0.25, 0.3) is 0 Å². The van der Waals surface area contributed by atoms with Crippen LogP contribution < -0.4 is 10.1 Å². The molecular formula is C34H52FNO3. The molecular weight excluding hydrogens is 489 g/mol. The Bertz CT molecular complexity index is 967. The first-order valence-electron chi connectivity index (χ1n) is 13.6. The quantitative estimate of drug-likeness (QED) is 0.250. The van der Waals surface area contributed by atoms with Crippen LogP contribution in [0.15, 0.2) is 102 Å². The number of hydrogen-bond acceptors (Lipinski definition) is 4. The van der Waals surface area contributed by atoms with Crippen molar-refractivity contribution in [3.63, 3.8) is 0 Å². The van der Waals surface area contributed by atoms with E-state index in [-0.39, 0.29) is 11.6 Å². The molecule has 0 unspecified atom stereocenters. The van der Waals surface area contributed by atoms with E-state index >= 15 is 0 Å². The summed E-state index contributed by atoms with van der Waals surface area (Å²) in [7, 11) is 3.25. The molecule has 39 heavy (non-hydrogen) atoms. The fraction of sp³-hybridized carbons (Fsp3) is 0.382. The van der Waals surface area contributed by atoms with Crippen LogP contribution in [0.3, 0.4) is 0 Å². The van der Waals surface area contributed by atoms with Crippen LogP contribution in [0.4, 0.5) is 10.1 Å². The minimum Gasteiger partial charge on any atom is -0.492 e. The molecule has 1 aromatic rings. The molecule has 2 rings (SSSR count). The fourth-order valence-electron chi connectivity index (χ4n) is 2.66. The summed E-state index contributed by atoms with van der Waals surface area (Å²) in [5, 5.41) is 3.00. The highest BCUT2D eigenvalue weighted by Gasteiger charge is 2.11. The number of nitrogens with one attached hydrogen (secondary N) is 1. The van der Waals surface area contributed by atoms with Gasteiger partial charge in [0, 0.05) is 32.1 Å². The van der Waals surface area contributed by atoms with E-state index in [0.29, 0.717) is 30.0 Å². The minimum atomic E-state index is -0.367. The number of carbonyl (C=O) groups is 1. The molecule has 1 aliphatic carbocycles. The molecule has 0 amide bonds. The monoisotopic (exact) mass is 541 g/mol. The first-order chi connectivity index (χ1) is 18.8. The van der Waals surface area contributed by atoms with Crippen LogP contribution in [-0.4, -0.2) is 26.6 Å². The maximum absolute atomic E-state index is 13.5. The van der Waals surface area contributed by atoms with Gasteiger partial charge in [-0.3, -0.25) is 4.79 Å². The largest absolute Gasteiger partial charge is 0.492 e. The molecule has 0 radical (unpaired) electrons. The zero-order valence-electron chi connectivity index (χ0n) is 25.9. The maximum atomic E-state index is 13.5. The molecule has 0 fully saturated rings. The third-order valence-corrected chi connectivity index (χ3v) is 4.42. The average Bonchev–Trinajstić information content (AvgIpc) is 3.23. The van der Waals surface area contributed by atoms with Crippen LogP contribution in [0.25, 0.3) is 0 Å². The summed E-state index contributed by atoms with van der Waals surface area (Å²) >= 11 is 0. The van der Waals surface area contributed by atoms with Crippen molar-refractivity contribution in [3.05, 3.63) is 108 Å². The Morgan fingerprint density at radius 2 is 1.72 bits per heavy atom. The molecule has 4 nitrogen and oxygen atoms in total. The van der Waals surface area contributed by atoms with Gasteiger partial charge in [-0.2, -0.15) is 0 Å². The van der Waals surface area contributed by atoms with Gasteiger partial charge in [-0.05, 0) is 51.3 Å². The van der Waals surface area contributed by atoms with Gasteiger partial charge in [0.2, 0.25) is 0 Å². The van der Waals surface area contributed by atoms with E-state index < -0.39 is 0 Å². The summed E-state index contributed by atoms with van der Waals surface area (Å²) in [5.74, 6) is 0.123. The van der Waals surface area contributed by atoms with E-state index in [2.05, 4.69) is 23.6 Å². The fourth-order valence-corrected chi connectivity index (χ4v) is 2.66. The van der Waals surface area contributed by atoms with Gasteiger partial charge in [0.1, 0.15) is 11.6 Å². The summed E-state index contributed by atoms with van der Waals surface area (Å²) in [6.45, 7) is 19.8. The summed E-state index contributed by atoms with van der Waals surface area (Å²) in [5.41, 5.74) is 3.14. The van der Waals surface area contributed by atoms with Crippen molar-refractivity contribution >= 4 is 11.5 Å². The molecule has 0 saturated heterocycles. The molecule has 0 aromatic heterocycles. The molecule has 0 atom stereocenters. The van der Waals surface area contributed by atoms with E-state index in [4.69, 9.17) is 4.74 Å². The van der Waals surface area contributed by atoms with Gasteiger partial charge in [-0.15, -0.1) is 0 Å². The highest BCUT2D eigenvalue weighted by Crippen LogP contribution is 2.26. The van der Waals surface area contributed by atoms with Crippen LogP contribution in [0.1, 0.15) is 68.2 Å². The van der Waals surface area contributed by atoms with E-state index in [1.54, 1.807) is 26.5 Å². The first-order valence-corrected chi connectivity index (χ1v) is 13.6. The highest BCUT2D eigenvalue weighted by atomic mass is 19.1. The number of allylic oxidation sites excluding steroid dienone is 12. The maximum Gasteiger partial charge on any atom is 0.161 e. The van der Waals surface area contributed by atoms with E-state index in [9.17, 15) is 9.18 Å². The predicted octanol–water partition coefficient (Wildman–Crippen LogP) is 9.95. The Labute approximate surface area is 238 Å². The summed E-state index contributed by atoms with van der Waals surface area (Å²) in [6, 6.07) is 4.26. The van der Waals surface area contributed by atoms with Gasteiger partial charge < -0.3 is 14.8 Å². The Kier molecular flexibility index (Phi) is 29.9. The number of benzene rings is 1. The van der Waals surface area contributed by atoms with Crippen LogP contribution >= 0.6 is 0 Å². The number of carbonyl (C=O) groups excluding carboxylic acids is 1. The number of rotatable bonds is 9. The topological polar surface area (TPSA) is 47.6 Å². The van der Waals surface area contributed by atoms with Crippen LogP contribution in [-0.2, 0) is 9.53 Å². The molecule has 218 valence electrons. The summed E-state index contributed by atoms with van der Waals surface area (Å²) < 4.78 is 23.2. The molecule has 5 heteroatoms. The molecule has 1 aromatic carbocycles.